The third-order valence-electron chi connectivity index (χ3n) is 7.41. The molecule has 0 aromatic heterocycles. The van der Waals surface area contributed by atoms with Crippen LogP contribution in [0.25, 0.3) is 0 Å². The molecule has 1 saturated heterocycles. The van der Waals surface area contributed by atoms with Crippen molar-refractivity contribution in [1.82, 2.24) is 0 Å². The Labute approximate surface area is 166 Å². The molecule has 3 rings (SSSR count). The number of aliphatic hydroxyl groups excluding tert-OH is 1. The Morgan fingerprint density at radius 1 is 1.32 bits per heavy atom. The second kappa shape index (κ2) is 6.00. The van der Waals surface area contributed by atoms with Gasteiger partial charge >= 0.3 is 5.97 Å². The molecule has 0 bridgehead atoms. The predicted molar refractivity (Wildman–Crippen MR) is 103 cm³/mol. The number of carbonyl (C=O) groups is 2. The number of esters is 1. The highest BCUT2D eigenvalue weighted by Crippen LogP contribution is 2.64. The van der Waals surface area contributed by atoms with Gasteiger partial charge < -0.3 is 19.7 Å². The number of ether oxygens (including phenoxy) is 2. The van der Waals surface area contributed by atoms with E-state index in [0.29, 0.717) is 12.8 Å². The highest BCUT2D eigenvalue weighted by atomic mass is 16.6. The van der Waals surface area contributed by atoms with Crippen LogP contribution in [0.3, 0.4) is 0 Å². The zero-order chi connectivity index (χ0) is 21.3. The van der Waals surface area contributed by atoms with Gasteiger partial charge in [-0.3, -0.25) is 9.59 Å². The van der Waals surface area contributed by atoms with Crippen molar-refractivity contribution in [2.24, 2.45) is 10.8 Å². The summed E-state index contributed by atoms with van der Waals surface area (Å²) in [6.45, 7) is 14.1. The molecule has 6 atom stereocenters. The highest BCUT2D eigenvalue weighted by Gasteiger charge is 2.76. The van der Waals surface area contributed by atoms with Crippen LogP contribution < -0.4 is 0 Å². The van der Waals surface area contributed by atoms with Gasteiger partial charge in [-0.15, -0.1) is 6.58 Å². The molecule has 0 radical (unpaired) electrons. The molecule has 6 heteroatoms. The monoisotopic (exact) mass is 392 g/mol. The molecule has 2 N–H and O–H groups in total. The molecule has 0 spiro atoms. The molecule has 6 nitrogen and oxygen atoms in total. The van der Waals surface area contributed by atoms with E-state index in [0.717, 1.165) is 5.57 Å². The van der Waals surface area contributed by atoms with Crippen molar-refractivity contribution in [2.75, 3.05) is 0 Å². The van der Waals surface area contributed by atoms with Crippen LogP contribution in [0, 0.1) is 10.8 Å². The van der Waals surface area contributed by atoms with Gasteiger partial charge in [0, 0.05) is 13.3 Å². The Kier molecular flexibility index (Phi) is 4.55. The lowest BCUT2D eigenvalue weighted by Crippen LogP contribution is -2.81. The SMILES string of the molecule is C=C[C@@]1(C)CC(=O)[C@@]2(O)[C@](C)(O1)[C@@H](OC(C)=O)C=C1C(C)(C)CC[C@H](O)[C@@]12C. The van der Waals surface area contributed by atoms with E-state index in [1.54, 1.807) is 26.8 Å². The molecule has 156 valence electrons. The summed E-state index contributed by atoms with van der Waals surface area (Å²) < 4.78 is 11.9. The van der Waals surface area contributed by atoms with Crippen LogP contribution in [-0.2, 0) is 19.1 Å². The standard InChI is InChI=1S/C22H32O6/c1-8-19(5)12-16(25)22(26)20(6)14(18(3,4)10-9-15(20)24)11-17(27-13(2)23)21(22,7)28-19/h8,11,15,17,24,26H,1,9-10,12H2,2-7H3/t15-,17-,19-,20+,21+,22-/m0/s1. The van der Waals surface area contributed by atoms with Gasteiger partial charge in [-0.05, 0) is 45.1 Å². The molecule has 2 fully saturated rings. The van der Waals surface area contributed by atoms with Crippen molar-refractivity contribution < 1.29 is 29.3 Å². The average Bonchev–Trinajstić information content (AvgIpc) is 2.57. The Bertz CT molecular complexity index is 769. The minimum atomic E-state index is -2.07. The van der Waals surface area contributed by atoms with E-state index in [9.17, 15) is 19.8 Å². The molecule has 2 aliphatic carbocycles. The second-order valence-electron chi connectivity index (χ2n) is 9.79. The minimum absolute atomic E-state index is 0.0780. The highest BCUT2D eigenvalue weighted by molar-refractivity contribution is 5.93. The summed E-state index contributed by atoms with van der Waals surface area (Å²) in [7, 11) is 0. The van der Waals surface area contributed by atoms with Crippen molar-refractivity contribution in [2.45, 2.75) is 89.8 Å². The van der Waals surface area contributed by atoms with Gasteiger partial charge in [-0.1, -0.05) is 25.5 Å². The van der Waals surface area contributed by atoms with Crippen molar-refractivity contribution in [3.05, 3.63) is 24.3 Å². The quantitative estimate of drug-likeness (QED) is 0.554. The maximum atomic E-state index is 13.5. The van der Waals surface area contributed by atoms with E-state index < -0.39 is 46.2 Å². The van der Waals surface area contributed by atoms with Crippen LogP contribution in [0.1, 0.15) is 60.8 Å². The lowest BCUT2D eigenvalue weighted by molar-refractivity contribution is -0.305. The molecule has 1 saturated carbocycles. The fraction of sp³-hybridized carbons (Fsp3) is 0.727. The summed E-state index contributed by atoms with van der Waals surface area (Å²) in [4.78, 5) is 25.4. The fourth-order valence-electron chi connectivity index (χ4n) is 5.77. The van der Waals surface area contributed by atoms with Gasteiger partial charge in [0.2, 0.25) is 0 Å². The fourth-order valence-corrected chi connectivity index (χ4v) is 5.77. The second-order valence-corrected chi connectivity index (χ2v) is 9.79. The number of fused-ring (bicyclic) bond motifs is 3. The zero-order valence-corrected chi connectivity index (χ0v) is 17.7. The van der Waals surface area contributed by atoms with Gasteiger partial charge in [-0.25, -0.2) is 0 Å². The Balaban J connectivity index is 2.35. The molecular formula is C22H32O6. The van der Waals surface area contributed by atoms with E-state index in [1.807, 2.05) is 13.8 Å². The van der Waals surface area contributed by atoms with Crippen molar-refractivity contribution in [3.8, 4) is 0 Å². The van der Waals surface area contributed by atoms with E-state index in [1.165, 1.54) is 13.0 Å². The molecule has 28 heavy (non-hydrogen) atoms. The molecule has 0 amide bonds. The molecule has 1 aliphatic heterocycles. The first-order valence-corrected chi connectivity index (χ1v) is 9.85. The summed E-state index contributed by atoms with van der Waals surface area (Å²) in [5, 5.41) is 23.1. The van der Waals surface area contributed by atoms with Crippen LogP contribution in [0.2, 0.25) is 0 Å². The van der Waals surface area contributed by atoms with Gasteiger partial charge in [-0.2, -0.15) is 0 Å². The molecule has 0 aromatic carbocycles. The number of Topliss-reactive ketones (excluding diaryl/α,β-unsaturated/α-hetero) is 1. The van der Waals surface area contributed by atoms with Crippen LogP contribution in [0.4, 0.5) is 0 Å². The van der Waals surface area contributed by atoms with Crippen LogP contribution >= 0.6 is 0 Å². The number of aliphatic hydroxyl groups is 2. The van der Waals surface area contributed by atoms with Crippen molar-refractivity contribution in [3.63, 3.8) is 0 Å². The van der Waals surface area contributed by atoms with Gasteiger partial charge in [0.05, 0.1) is 17.1 Å². The van der Waals surface area contributed by atoms with Crippen LogP contribution in [0.15, 0.2) is 24.3 Å². The predicted octanol–water partition coefficient (Wildman–Crippen LogP) is 2.47. The van der Waals surface area contributed by atoms with E-state index in [4.69, 9.17) is 9.47 Å². The van der Waals surface area contributed by atoms with E-state index in [-0.39, 0.29) is 11.8 Å². The normalized spacial score (nSPS) is 47.4. The van der Waals surface area contributed by atoms with Crippen LogP contribution in [0.5, 0.6) is 0 Å². The maximum absolute atomic E-state index is 13.5. The molecular weight excluding hydrogens is 360 g/mol. The summed E-state index contributed by atoms with van der Waals surface area (Å²) in [6, 6.07) is 0. The maximum Gasteiger partial charge on any atom is 0.303 e. The Morgan fingerprint density at radius 2 is 1.93 bits per heavy atom. The minimum Gasteiger partial charge on any atom is -0.455 e. The largest absolute Gasteiger partial charge is 0.455 e. The first kappa shape index (κ1) is 21.2. The molecule has 0 aromatic rings. The number of rotatable bonds is 2. The first-order chi connectivity index (χ1) is 12.7. The lowest BCUT2D eigenvalue weighted by atomic mass is 9.44. The van der Waals surface area contributed by atoms with Crippen molar-refractivity contribution in [1.29, 1.82) is 0 Å². The number of hydrogen-bond donors (Lipinski definition) is 2. The van der Waals surface area contributed by atoms with Crippen LogP contribution in [-0.4, -0.2) is 51.0 Å². The molecule has 3 aliphatic rings. The Hall–Kier alpha value is -1.50. The van der Waals surface area contributed by atoms with Gasteiger partial charge in [0.15, 0.2) is 17.5 Å². The molecule has 1 heterocycles. The first-order valence-electron chi connectivity index (χ1n) is 9.85. The summed E-state index contributed by atoms with van der Waals surface area (Å²) in [5.74, 6) is -0.976. The number of hydrogen-bond acceptors (Lipinski definition) is 6. The summed E-state index contributed by atoms with van der Waals surface area (Å²) in [6.07, 6.45) is 2.45. The van der Waals surface area contributed by atoms with E-state index in [2.05, 4.69) is 6.58 Å². The third kappa shape index (κ3) is 2.44. The topological polar surface area (TPSA) is 93.1 Å². The molecule has 0 unspecified atom stereocenters. The zero-order valence-electron chi connectivity index (χ0n) is 17.7. The number of ketones is 1. The smallest absolute Gasteiger partial charge is 0.303 e. The lowest BCUT2D eigenvalue weighted by Gasteiger charge is -2.66. The third-order valence-corrected chi connectivity index (χ3v) is 7.41. The van der Waals surface area contributed by atoms with E-state index >= 15 is 0 Å². The van der Waals surface area contributed by atoms with Crippen molar-refractivity contribution >= 4 is 11.8 Å². The Morgan fingerprint density at radius 3 is 2.46 bits per heavy atom. The van der Waals surface area contributed by atoms with Gasteiger partial charge in [0.1, 0.15) is 5.60 Å². The summed E-state index contributed by atoms with van der Waals surface area (Å²) in [5.41, 5.74) is -5.59. The summed E-state index contributed by atoms with van der Waals surface area (Å²) >= 11 is 0. The average molecular weight is 392 g/mol. The number of carbonyl (C=O) groups excluding carboxylic acids is 2. The van der Waals surface area contributed by atoms with Gasteiger partial charge in [0.25, 0.3) is 0 Å².